The Labute approximate surface area is 120 Å². The molecule has 0 aliphatic heterocycles. The number of carbonyl (C=O) groups excluding carboxylic acids is 2. The Balaban J connectivity index is 3.13. The lowest BCUT2D eigenvalue weighted by Gasteiger charge is -2.05. The van der Waals surface area contributed by atoms with Crippen molar-refractivity contribution in [1.29, 1.82) is 0 Å². The Hall–Kier alpha value is -1.14. The number of aliphatic hydroxyl groups is 2. The summed E-state index contributed by atoms with van der Waals surface area (Å²) < 4.78 is 9.80. The summed E-state index contributed by atoms with van der Waals surface area (Å²) in [4.78, 5) is 21.8. The van der Waals surface area contributed by atoms with Crippen LogP contribution in [0.3, 0.4) is 0 Å². The molecule has 0 aromatic heterocycles. The number of ether oxygens (including phenoxy) is 2. The summed E-state index contributed by atoms with van der Waals surface area (Å²) in [6.07, 6.45) is 5.91. The van der Waals surface area contributed by atoms with Crippen LogP contribution in [-0.2, 0) is 19.1 Å². The van der Waals surface area contributed by atoms with E-state index in [0.717, 1.165) is 38.5 Å². The van der Waals surface area contributed by atoms with Crippen LogP contribution in [0.25, 0.3) is 0 Å². The van der Waals surface area contributed by atoms with Crippen LogP contribution in [0.1, 0.15) is 51.4 Å². The van der Waals surface area contributed by atoms with E-state index in [1.165, 1.54) is 0 Å². The first kappa shape index (κ1) is 18.9. The summed E-state index contributed by atoms with van der Waals surface area (Å²) in [7, 11) is 0. The van der Waals surface area contributed by atoms with E-state index in [1.807, 2.05) is 0 Å². The minimum Gasteiger partial charge on any atom is -0.466 e. The van der Waals surface area contributed by atoms with E-state index in [2.05, 4.69) is 0 Å². The molecule has 0 aliphatic rings. The van der Waals surface area contributed by atoms with Gasteiger partial charge in [0, 0.05) is 0 Å². The van der Waals surface area contributed by atoms with Crippen LogP contribution < -0.4 is 0 Å². The van der Waals surface area contributed by atoms with Gasteiger partial charge in [0.1, 0.15) is 0 Å². The number of carbonyl (C=O) groups is 2. The smallest absolute Gasteiger partial charge is 0.308 e. The molecule has 20 heavy (non-hydrogen) atoms. The van der Waals surface area contributed by atoms with Crippen molar-refractivity contribution >= 4 is 11.9 Å². The minimum absolute atomic E-state index is 0.0645. The lowest BCUT2D eigenvalue weighted by molar-refractivity contribution is -0.145. The van der Waals surface area contributed by atoms with Crippen LogP contribution in [0.4, 0.5) is 0 Å². The average Bonchev–Trinajstić information content (AvgIpc) is 2.41. The van der Waals surface area contributed by atoms with Crippen molar-refractivity contribution in [3.05, 3.63) is 0 Å². The number of esters is 2. The first-order valence-electron chi connectivity index (χ1n) is 7.23. The van der Waals surface area contributed by atoms with Crippen molar-refractivity contribution in [2.45, 2.75) is 51.4 Å². The lowest BCUT2D eigenvalue weighted by atomic mass is 10.1. The third-order valence-electron chi connectivity index (χ3n) is 2.70. The van der Waals surface area contributed by atoms with Gasteiger partial charge in [0.05, 0.1) is 39.3 Å². The third-order valence-corrected chi connectivity index (χ3v) is 2.70. The quantitative estimate of drug-likeness (QED) is 0.391. The summed E-state index contributed by atoms with van der Waals surface area (Å²) >= 11 is 0. The Kier molecular flexibility index (Phi) is 13.5. The van der Waals surface area contributed by atoms with Gasteiger partial charge >= 0.3 is 11.9 Å². The molecule has 0 aromatic carbocycles. The predicted octanol–water partition coefficient (Wildman–Crippen LogP) is 1.18. The Bertz CT molecular complexity index is 228. The standard InChI is InChI=1S/C14H26O6/c15-9-7-13(17)19-11-5-3-1-2-4-6-12-20-14(18)8-10-16/h15-16H,1-12H2. The summed E-state index contributed by atoms with van der Waals surface area (Å²) in [5, 5.41) is 17.0. The highest BCUT2D eigenvalue weighted by Gasteiger charge is 2.01. The maximum Gasteiger partial charge on any atom is 0.308 e. The maximum atomic E-state index is 10.9. The fourth-order valence-corrected chi connectivity index (χ4v) is 1.61. The van der Waals surface area contributed by atoms with Crippen molar-refractivity contribution in [2.24, 2.45) is 0 Å². The van der Waals surface area contributed by atoms with Crippen LogP contribution in [-0.4, -0.2) is 48.6 Å². The minimum atomic E-state index is -0.350. The van der Waals surface area contributed by atoms with Gasteiger partial charge in [0.25, 0.3) is 0 Å². The molecule has 0 saturated heterocycles. The molecular formula is C14H26O6. The van der Waals surface area contributed by atoms with Gasteiger partial charge < -0.3 is 19.7 Å². The van der Waals surface area contributed by atoms with Crippen molar-refractivity contribution < 1.29 is 29.3 Å². The van der Waals surface area contributed by atoms with Gasteiger partial charge in [0.15, 0.2) is 0 Å². The van der Waals surface area contributed by atoms with E-state index in [-0.39, 0.29) is 38.0 Å². The number of aliphatic hydroxyl groups excluding tert-OH is 2. The van der Waals surface area contributed by atoms with E-state index in [0.29, 0.717) is 13.2 Å². The second-order valence-electron chi connectivity index (χ2n) is 4.51. The molecule has 0 atom stereocenters. The van der Waals surface area contributed by atoms with E-state index < -0.39 is 0 Å². The average molecular weight is 290 g/mol. The summed E-state index contributed by atoms with van der Waals surface area (Å²) in [6, 6.07) is 0. The van der Waals surface area contributed by atoms with E-state index in [1.54, 1.807) is 0 Å². The zero-order valence-corrected chi connectivity index (χ0v) is 12.0. The van der Waals surface area contributed by atoms with E-state index >= 15 is 0 Å². The summed E-state index contributed by atoms with van der Waals surface area (Å²) in [5.41, 5.74) is 0. The van der Waals surface area contributed by atoms with Crippen molar-refractivity contribution in [3.63, 3.8) is 0 Å². The highest BCUT2D eigenvalue weighted by molar-refractivity contribution is 5.69. The van der Waals surface area contributed by atoms with Crippen molar-refractivity contribution in [2.75, 3.05) is 26.4 Å². The van der Waals surface area contributed by atoms with Gasteiger partial charge in [-0.1, -0.05) is 25.7 Å². The van der Waals surface area contributed by atoms with E-state index in [4.69, 9.17) is 19.7 Å². The fourth-order valence-electron chi connectivity index (χ4n) is 1.61. The van der Waals surface area contributed by atoms with Crippen molar-refractivity contribution in [1.82, 2.24) is 0 Å². The number of hydrogen-bond acceptors (Lipinski definition) is 6. The van der Waals surface area contributed by atoms with Crippen LogP contribution >= 0.6 is 0 Å². The molecule has 0 heterocycles. The van der Waals surface area contributed by atoms with Crippen LogP contribution in [0, 0.1) is 0 Å². The summed E-state index contributed by atoms with van der Waals surface area (Å²) in [6.45, 7) is 0.499. The molecule has 0 aliphatic carbocycles. The SMILES string of the molecule is O=C(CCO)OCCCCCCCCOC(=O)CCO. The first-order valence-corrected chi connectivity index (χ1v) is 7.23. The molecular weight excluding hydrogens is 264 g/mol. The van der Waals surface area contributed by atoms with Gasteiger partial charge in [0.2, 0.25) is 0 Å². The molecule has 0 unspecified atom stereocenters. The fraction of sp³-hybridized carbons (Fsp3) is 0.857. The molecule has 0 spiro atoms. The molecule has 6 heteroatoms. The maximum absolute atomic E-state index is 10.9. The molecule has 0 aromatic rings. The highest BCUT2D eigenvalue weighted by Crippen LogP contribution is 2.06. The first-order chi connectivity index (χ1) is 9.70. The molecule has 0 fully saturated rings. The third kappa shape index (κ3) is 13.3. The monoisotopic (exact) mass is 290 g/mol. The zero-order valence-electron chi connectivity index (χ0n) is 12.0. The topological polar surface area (TPSA) is 93.1 Å². The van der Waals surface area contributed by atoms with Gasteiger partial charge in [-0.15, -0.1) is 0 Å². The lowest BCUT2D eigenvalue weighted by Crippen LogP contribution is -2.07. The largest absolute Gasteiger partial charge is 0.466 e. The predicted molar refractivity (Wildman–Crippen MR) is 73.0 cm³/mol. The summed E-state index contributed by atoms with van der Waals surface area (Å²) in [5.74, 6) is -0.700. The highest BCUT2D eigenvalue weighted by atomic mass is 16.5. The molecule has 0 saturated carbocycles. The zero-order chi connectivity index (χ0) is 15.1. The number of hydrogen-bond donors (Lipinski definition) is 2. The Morgan fingerprint density at radius 3 is 1.35 bits per heavy atom. The second kappa shape index (κ2) is 14.3. The van der Waals surface area contributed by atoms with Gasteiger partial charge in [-0.3, -0.25) is 9.59 Å². The Morgan fingerprint density at radius 1 is 0.650 bits per heavy atom. The number of unbranched alkanes of at least 4 members (excludes halogenated alkanes) is 5. The molecule has 0 rings (SSSR count). The Morgan fingerprint density at radius 2 is 1.00 bits per heavy atom. The van der Waals surface area contributed by atoms with Crippen molar-refractivity contribution in [3.8, 4) is 0 Å². The van der Waals surface area contributed by atoms with Crippen LogP contribution in [0.15, 0.2) is 0 Å². The van der Waals surface area contributed by atoms with Gasteiger partial charge in [-0.05, 0) is 12.8 Å². The molecule has 0 bridgehead atoms. The molecule has 0 radical (unpaired) electrons. The normalized spacial score (nSPS) is 10.3. The van der Waals surface area contributed by atoms with Crippen LogP contribution in [0.2, 0.25) is 0 Å². The molecule has 0 amide bonds. The molecule has 2 N–H and O–H groups in total. The number of rotatable bonds is 13. The molecule has 6 nitrogen and oxygen atoms in total. The van der Waals surface area contributed by atoms with E-state index in [9.17, 15) is 9.59 Å². The van der Waals surface area contributed by atoms with Gasteiger partial charge in [-0.2, -0.15) is 0 Å². The van der Waals surface area contributed by atoms with Crippen LogP contribution in [0.5, 0.6) is 0 Å². The second-order valence-corrected chi connectivity index (χ2v) is 4.51. The van der Waals surface area contributed by atoms with Gasteiger partial charge in [-0.25, -0.2) is 0 Å². The molecule has 118 valence electrons.